The molecular weight excluding hydrogens is 373 g/mol. The maximum atomic E-state index is 13.3. The summed E-state index contributed by atoms with van der Waals surface area (Å²) in [4.78, 5) is 39.0. The predicted octanol–water partition coefficient (Wildman–Crippen LogP) is 3.11. The van der Waals surface area contributed by atoms with E-state index in [1.807, 2.05) is 18.2 Å². The van der Waals surface area contributed by atoms with Gasteiger partial charge in [-0.2, -0.15) is 0 Å². The van der Waals surface area contributed by atoms with Crippen molar-refractivity contribution in [2.24, 2.45) is 0 Å². The maximum Gasteiger partial charge on any atom is 0.325 e. The van der Waals surface area contributed by atoms with Crippen molar-refractivity contribution >= 4 is 23.5 Å². The molecule has 29 heavy (non-hydrogen) atoms. The number of benzene rings is 2. The lowest BCUT2D eigenvalue weighted by molar-refractivity contribution is -0.134. The minimum atomic E-state index is -1.29. The summed E-state index contributed by atoms with van der Waals surface area (Å²) in [5.74, 6) is -1.39. The number of rotatable bonds is 5. The molecule has 0 aromatic heterocycles. The third kappa shape index (κ3) is 3.37. The zero-order valence-corrected chi connectivity index (χ0v) is 16.1. The third-order valence-corrected chi connectivity index (χ3v) is 5.73. The topological polar surface area (TPSA) is 78.5 Å². The van der Waals surface area contributed by atoms with Gasteiger partial charge < -0.3 is 10.6 Å². The van der Waals surface area contributed by atoms with E-state index in [0.29, 0.717) is 11.3 Å². The quantitative estimate of drug-likeness (QED) is 0.764. The van der Waals surface area contributed by atoms with Crippen molar-refractivity contribution in [3.63, 3.8) is 0 Å². The number of aryl methyl sites for hydroxylation is 2. The minimum absolute atomic E-state index is 0.284. The Hall–Kier alpha value is -3.22. The molecular formula is C22H22FN3O3. The van der Waals surface area contributed by atoms with Gasteiger partial charge in [-0.1, -0.05) is 25.1 Å². The molecule has 1 saturated heterocycles. The summed E-state index contributed by atoms with van der Waals surface area (Å²) in [6, 6.07) is 10.6. The van der Waals surface area contributed by atoms with Crippen LogP contribution in [0.25, 0.3) is 0 Å². The molecule has 1 aliphatic heterocycles. The number of imide groups is 1. The van der Waals surface area contributed by atoms with E-state index in [0.717, 1.165) is 24.2 Å². The highest BCUT2D eigenvalue weighted by Crippen LogP contribution is 2.32. The third-order valence-electron chi connectivity index (χ3n) is 5.73. The minimum Gasteiger partial charge on any atom is -0.325 e. The summed E-state index contributed by atoms with van der Waals surface area (Å²) < 4.78 is 13.3. The molecule has 2 aliphatic rings. The summed E-state index contributed by atoms with van der Waals surface area (Å²) in [6.45, 7) is 1.38. The molecule has 0 spiro atoms. The first kappa shape index (κ1) is 19.1. The van der Waals surface area contributed by atoms with Crippen molar-refractivity contribution in [1.82, 2.24) is 10.2 Å². The van der Waals surface area contributed by atoms with Crippen LogP contribution in [0.1, 0.15) is 36.5 Å². The number of fused-ring (bicyclic) bond motifs is 1. The number of halogens is 1. The molecule has 1 atom stereocenters. The molecule has 6 nitrogen and oxygen atoms in total. The monoisotopic (exact) mass is 395 g/mol. The Morgan fingerprint density at radius 3 is 2.59 bits per heavy atom. The van der Waals surface area contributed by atoms with Gasteiger partial charge >= 0.3 is 6.03 Å². The second kappa shape index (κ2) is 7.31. The highest BCUT2D eigenvalue weighted by atomic mass is 19.1. The van der Waals surface area contributed by atoms with E-state index in [1.165, 1.54) is 35.4 Å². The van der Waals surface area contributed by atoms with Crippen molar-refractivity contribution < 1.29 is 18.8 Å². The number of nitrogens with one attached hydrogen (secondary N) is 2. The highest BCUT2D eigenvalue weighted by Gasteiger charge is 2.51. The fourth-order valence-electron chi connectivity index (χ4n) is 4.14. The van der Waals surface area contributed by atoms with Gasteiger partial charge in [0.15, 0.2) is 0 Å². The van der Waals surface area contributed by atoms with E-state index in [4.69, 9.17) is 0 Å². The molecule has 1 unspecified atom stereocenters. The van der Waals surface area contributed by atoms with Gasteiger partial charge in [-0.15, -0.1) is 0 Å². The van der Waals surface area contributed by atoms with E-state index in [9.17, 15) is 18.8 Å². The van der Waals surface area contributed by atoms with Crippen LogP contribution in [0.3, 0.4) is 0 Å². The van der Waals surface area contributed by atoms with Gasteiger partial charge in [0.2, 0.25) is 5.91 Å². The number of hydrogen-bond donors (Lipinski definition) is 2. The fraction of sp³-hybridized carbons (Fsp3) is 0.318. The summed E-state index contributed by atoms with van der Waals surface area (Å²) in [6.07, 6.45) is 3.43. The molecule has 4 amide bonds. The largest absolute Gasteiger partial charge is 0.325 e. The van der Waals surface area contributed by atoms with E-state index in [-0.39, 0.29) is 13.0 Å². The standard InChI is InChI=1S/C22H22FN3O3/c1-2-22(16-7-9-17(23)10-8-16)20(28)26(21(29)25-22)13-19(27)24-18-11-6-14-4-3-5-15(14)12-18/h6-12H,2-5,13H2,1H3,(H,24,27)(H,25,29). The van der Waals surface area contributed by atoms with Crippen molar-refractivity contribution in [1.29, 1.82) is 0 Å². The molecule has 1 heterocycles. The average molecular weight is 395 g/mol. The number of hydrogen-bond acceptors (Lipinski definition) is 3. The normalized spacial score (nSPS) is 20.6. The van der Waals surface area contributed by atoms with E-state index in [1.54, 1.807) is 6.92 Å². The van der Waals surface area contributed by atoms with Gasteiger partial charge in [-0.3, -0.25) is 14.5 Å². The lowest BCUT2D eigenvalue weighted by atomic mass is 9.87. The Kier molecular flexibility index (Phi) is 4.82. The Morgan fingerprint density at radius 2 is 1.86 bits per heavy atom. The molecule has 150 valence electrons. The SMILES string of the molecule is CCC1(c2ccc(F)cc2)NC(=O)N(CC(=O)Nc2ccc3c(c2)CCC3)C1=O. The van der Waals surface area contributed by atoms with Crippen molar-refractivity contribution in [3.8, 4) is 0 Å². The van der Waals surface area contributed by atoms with Gasteiger partial charge in [-0.25, -0.2) is 9.18 Å². The molecule has 7 heteroatoms. The second-order valence-electron chi connectivity index (χ2n) is 7.47. The zero-order valence-electron chi connectivity index (χ0n) is 16.1. The summed E-state index contributed by atoms with van der Waals surface area (Å²) >= 11 is 0. The van der Waals surface area contributed by atoms with Crippen molar-refractivity contribution in [2.45, 2.75) is 38.1 Å². The summed E-state index contributed by atoms with van der Waals surface area (Å²) in [7, 11) is 0. The molecule has 2 aromatic rings. The van der Waals surface area contributed by atoms with Gasteiger partial charge in [0.1, 0.15) is 17.9 Å². The van der Waals surface area contributed by atoms with E-state index >= 15 is 0 Å². The Morgan fingerprint density at radius 1 is 1.14 bits per heavy atom. The number of urea groups is 1. The lowest BCUT2D eigenvalue weighted by Gasteiger charge is -2.25. The molecule has 0 saturated carbocycles. The first-order valence-corrected chi connectivity index (χ1v) is 9.75. The Bertz CT molecular complexity index is 989. The van der Waals surface area contributed by atoms with Crippen LogP contribution >= 0.6 is 0 Å². The van der Waals surface area contributed by atoms with Crippen molar-refractivity contribution in [2.75, 3.05) is 11.9 Å². The van der Waals surface area contributed by atoms with E-state index in [2.05, 4.69) is 10.6 Å². The molecule has 4 rings (SSSR count). The Balaban J connectivity index is 1.50. The van der Waals surface area contributed by atoms with Crippen LogP contribution in [0.15, 0.2) is 42.5 Å². The predicted molar refractivity (Wildman–Crippen MR) is 106 cm³/mol. The number of amides is 4. The first-order valence-electron chi connectivity index (χ1n) is 9.75. The second-order valence-corrected chi connectivity index (χ2v) is 7.47. The number of anilines is 1. The summed E-state index contributed by atoms with van der Waals surface area (Å²) in [5, 5.41) is 5.46. The van der Waals surface area contributed by atoms with Gasteiger partial charge in [-0.05, 0) is 66.6 Å². The number of carbonyl (C=O) groups excluding carboxylic acids is 3. The molecule has 1 aliphatic carbocycles. The molecule has 0 radical (unpaired) electrons. The highest BCUT2D eigenvalue weighted by molar-refractivity contribution is 6.10. The van der Waals surface area contributed by atoms with Crippen LogP contribution in [0.2, 0.25) is 0 Å². The molecule has 1 fully saturated rings. The fourth-order valence-corrected chi connectivity index (χ4v) is 4.14. The van der Waals surface area contributed by atoms with Gasteiger partial charge in [0.05, 0.1) is 0 Å². The zero-order chi connectivity index (χ0) is 20.6. The lowest BCUT2D eigenvalue weighted by Crippen LogP contribution is -2.44. The summed E-state index contributed by atoms with van der Waals surface area (Å²) in [5.41, 5.74) is 2.37. The molecule has 2 aromatic carbocycles. The van der Waals surface area contributed by atoms with Gasteiger partial charge in [0.25, 0.3) is 5.91 Å². The van der Waals surface area contributed by atoms with E-state index < -0.39 is 29.2 Å². The Labute approximate surface area is 168 Å². The van der Waals surface area contributed by atoms with Crippen LogP contribution in [-0.2, 0) is 28.0 Å². The van der Waals surface area contributed by atoms with Crippen LogP contribution in [-0.4, -0.2) is 29.3 Å². The number of carbonyl (C=O) groups is 3. The first-order chi connectivity index (χ1) is 13.9. The van der Waals surface area contributed by atoms with Crippen LogP contribution in [0.4, 0.5) is 14.9 Å². The van der Waals surface area contributed by atoms with Crippen molar-refractivity contribution in [3.05, 3.63) is 65.0 Å². The molecule has 0 bridgehead atoms. The number of nitrogens with zero attached hydrogens (tertiary/aromatic N) is 1. The van der Waals surface area contributed by atoms with Gasteiger partial charge in [0, 0.05) is 5.69 Å². The molecule has 2 N–H and O–H groups in total. The average Bonchev–Trinajstić information content (AvgIpc) is 3.26. The van der Waals surface area contributed by atoms with Crippen LogP contribution in [0.5, 0.6) is 0 Å². The van der Waals surface area contributed by atoms with Crippen LogP contribution in [0, 0.1) is 5.82 Å². The smallest absolute Gasteiger partial charge is 0.325 e. The maximum absolute atomic E-state index is 13.3. The van der Waals surface area contributed by atoms with Crippen LogP contribution < -0.4 is 10.6 Å².